The number of rotatable bonds is 10. The molecule has 2 saturated heterocycles. The summed E-state index contributed by atoms with van der Waals surface area (Å²) in [5.74, 6) is 0.556. The molecule has 2 aliphatic heterocycles. The van der Waals surface area contributed by atoms with E-state index in [0.717, 1.165) is 45.6 Å². The van der Waals surface area contributed by atoms with Crippen LogP contribution < -0.4 is 10.2 Å². The molecule has 3 rings (SSSR count). The molecule has 1 aromatic rings. The topological polar surface area (TPSA) is 55.9 Å². The van der Waals surface area contributed by atoms with Crippen LogP contribution >= 0.6 is 0 Å². The highest BCUT2D eigenvalue weighted by Crippen LogP contribution is 2.34. The van der Waals surface area contributed by atoms with E-state index in [4.69, 9.17) is 0 Å². The summed E-state index contributed by atoms with van der Waals surface area (Å²) in [5.41, 5.74) is 1.88. The number of nitrogens with one attached hydrogen (secondary N) is 1. The number of piperidine rings is 1. The first-order valence-corrected chi connectivity index (χ1v) is 13.0. The van der Waals surface area contributed by atoms with E-state index in [9.17, 15) is 9.59 Å². The van der Waals surface area contributed by atoms with E-state index in [0.29, 0.717) is 31.7 Å². The minimum absolute atomic E-state index is 0.0621. The van der Waals surface area contributed by atoms with Gasteiger partial charge in [-0.15, -0.1) is 0 Å². The van der Waals surface area contributed by atoms with Crippen LogP contribution in [0, 0.1) is 5.92 Å². The van der Waals surface area contributed by atoms with Crippen molar-refractivity contribution in [2.45, 2.75) is 84.8 Å². The van der Waals surface area contributed by atoms with Gasteiger partial charge in [-0.2, -0.15) is 0 Å². The van der Waals surface area contributed by atoms with E-state index in [2.05, 4.69) is 74.0 Å². The number of benzene rings is 1. The van der Waals surface area contributed by atoms with Crippen molar-refractivity contribution in [1.82, 2.24) is 15.1 Å². The lowest BCUT2D eigenvalue weighted by molar-refractivity contribution is -0.161. The minimum atomic E-state index is -0.678. The molecule has 0 radical (unpaired) electrons. The van der Waals surface area contributed by atoms with Crippen molar-refractivity contribution in [2.24, 2.45) is 5.92 Å². The van der Waals surface area contributed by atoms with Gasteiger partial charge < -0.3 is 15.1 Å². The zero-order valence-electron chi connectivity index (χ0n) is 21.4. The van der Waals surface area contributed by atoms with Crippen LogP contribution in [0.25, 0.3) is 0 Å². The molecule has 1 N–H and O–H groups in total. The fraction of sp³-hybridized carbons (Fsp3) is 0.704. The average Bonchev–Trinajstić information content (AvgIpc) is 2.80. The molecule has 1 atom stereocenters. The molecule has 6 nitrogen and oxygen atoms in total. The fourth-order valence-electron chi connectivity index (χ4n) is 5.38. The van der Waals surface area contributed by atoms with Gasteiger partial charge in [-0.05, 0) is 63.1 Å². The largest absolute Gasteiger partial charge is 0.372 e. The maximum atomic E-state index is 13.4. The second kappa shape index (κ2) is 11.4. The van der Waals surface area contributed by atoms with Gasteiger partial charge in [-0.25, -0.2) is 0 Å². The molecule has 1 unspecified atom stereocenters. The Hall–Kier alpha value is -2.08. The molecule has 2 amide bonds. The van der Waals surface area contributed by atoms with Gasteiger partial charge in [-0.1, -0.05) is 39.3 Å². The number of carbonyl (C=O) groups excluding carboxylic acids is 2. The first kappa shape index (κ1) is 25.5. The molecule has 1 aromatic carbocycles. The summed E-state index contributed by atoms with van der Waals surface area (Å²) >= 11 is 0. The summed E-state index contributed by atoms with van der Waals surface area (Å²) < 4.78 is 0. The van der Waals surface area contributed by atoms with Crippen LogP contribution in [0.1, 0.15) is 72.3 Å². The average molecular weight is 457 g/mol. The summed E-state index contributed by atoms with van der Waals surface area (Å²) in [5, 5.41) is 3.10. The van der Waals surface area contributed by atoms with E-state index in [1.54, 1.807) is 0 Å². The third-order valence-corrected chi connectivity index (χ3v) is 7.41. The third kappa shape index (κ3) is 5.71. The lowest BCUT2D eigenvalue weighted by Crippen LogP contribution is -2.73. The van der Waals surface area contributed by atoms with Gasteiger partial charge in [0.25, 0.3) is 0 Å². The molecular weight excluding hydrogens is 412 g/mol. The Balaban J connectivity index is 1.67. The number of hydrogen-bond donors (Lipinski definition) is 1. The molecule has 2 fully saturated rings. The third-order valence-electron chi connectivity index (χ3n) is 7.41. The van der Waals surface area contributed by atoms with E-state index in [1.165, 1.54) is 11.3 Å². The number of unbranched alkanes of at least 4 members (excludes halogenated alkanes) is 1. The summed E-state index contributed by atoms with van der Waals surface area (Å²) in [6, 6.07) is 8.49. The highest BCUT2D eigenvalue weighted by atomic mass is 16.2. The molecule has 2 heterocycles. The molecule has 0 aliphatic carbocycles. The molecular formula is C27H44N4O2. The number of hydrogen-bond acceptors (Lipinski definition) is 4. The maximum Gasteiger partial charge on any atom is 0.246 e. The van der Waals surface area contributed by atoms with E-state index in [-0.39, 0.29) is 17.9 Å². The molecule has 0 saturated carbocycles. The molecule has 0 aromatic heterocycles. The standard InChI is InChI=1S/C27H44N4O2/c1-6-9-16-31-25(32)24(19-21(4)5)28-26(33)27(31)14-17-29(18-15-27)20-22-10-12-23(13-11-22)30(7-2)8-3/h10-13,21,24H,6-9,14-20H2,1-5H3,(H,28,33). The van der Waals surface area contributed by atoms with Crippen LogP contribution in [0.2, 0.25) is 0 Å². The molecule has 184 valence electrons. The van der Waals surface area contributed by atoms with Crippen molar-refractivity contribution in [2.75, 3.05) is 37.6 Å². The van der Waals surface area contributed by atoms with Crippen molar-refractivity contribution in [1.29, 1.82) is 0 Å². The van der Waals surface area contributed by atoms with Gasteiger partial charge in [0.15, 0.2) is 0 Å². The molecule has 6 heteroatoms. The zero-order valence-corrected chi connectivity index (χ0v) is 21.4. The van der Waals surface area contributed by atoms with Gasteiger partial charge in [-0.3, -0.25) is 14.5 Å². The second-order valence-corrected chi connectivity index (χ2v) is 10.1. The van der Waals surface area contributed by atoms with Crippen LogP contribution in [0.5, 0.6) is 0 Å². The van der Waals surface area contributed by atoms with Crippen LogP contribution in [0.3, 0.4) is 0 Å². The summed E-state index contributed by atoms with van der Waals surface area (Å²) in [4.78, 5) is 33.5. The van der Waals surface area contributed by atoms with Crippen molar-refractivity contribution in [3.8, 4) is 0 Å². The first-order chi connectivity index (χ1) is 15.8. The normalized spacial score (nSPS) is 21.0. The van der Waals surface area contributed by atoms with Crippen LogP contribution in [0.4, 0.5) is 5.69 Å². The van der Waals surface area contributed by atoms with Gasteiger partial charge in [0, 0.05) is 45.0 Å². The van der Waals surface area contributed by atoms with Gasteiger partial charge in [0.2, 0.25) is 11.8 Å². The number of likely N-dealkylation sites (tertiary alicyclic amines) is 1. The molecule has 1 spiro atoms. The summed E-state index contributed by atoms with van der Waals surface area (Å²) in [7, 11) is 0. The number of amides is 2. The quantitative estimate of drug-likeness (QED) is 0.577. The molecule has 0 bridgehead atoms. The second-order valence-electron chi connectivity index (χ2n) is 10.1. The van der Waals surface area contributed by atoms with E-state index in [1.807, 2.05) is 4.90 Å². The van der Waals surface area contributed by atoms with Crippen LogP contribution in [-0.4, -0.2) is 65.9 Å². The summed E-state index contributed by atoms with van der Waals surface area (Å²) in [6.07, 6.45) is 4.09. The predicted molar refractivity (Wildman–Crippen MR) is 135 cm³/mol. The lowest BCUT2D eigenvalue weighted by Gasteiger charge is -2.52. The van der Waals surface area contributed by atoms with Crippen LogP contribution in [-0.2, 0) is 16.1 Å². The highest BCUT2D eigenvalue weighted by Gasteiger charge is 2.53. The van der Waals surface area contributed by atoms with Gasteiger partial charge >= 0.3 is 0 Å². The first-order valence-electron chi connectivity index (χ1n) is 13.0. The number of anilines is 1. The number of piperazine rings is 1. The Morgan fingerprint density at radius 3 is 2.24 bits per heavy atom. The van der Waals surface area contributed by atoms with Crippen molar-refractivity contribution < 1.29 is 9.59 Å². The Kier molecular flexibility index (Phi) is 8.80. The maximum absolute atomic E-state index is 13.4. The zero-order chi connectivity index (χ0) is 24.0. The Morgan fingerprint density at radius 2 is 1.70 bits per heavy atom. The molecule has 33 heavy (non-hydrogen) atoms. The molecule has 2 aliphatic rings. The monoisotopic (exact) mass is 456 g/mol. The number of carbonyl (C=O) groups is 2. The smallest absolute Gasteiger partial charge is 0.246 e. The van der Waals surface area contributed by atoms with Crippen molar-refractivity contribution >= 4 is 17.5 Å². The Morgan fingerprint density at radius 1 is 1.06 bits per heavy atom. The predicted octanol–water partition coefficient (Wildman–Crippen LogP) is 4.04. The van der Waals surface area contributed by atoms with Gasteiger partial charge in [0.1, 0.15) is 11.6 Å². The highest BCUT2D eigenvalue weighted by molar-refractivity contribution is 6.00. The van der Waals surface area contributed by atoms with E-state index < -0.39 is 5.54 Å². The Labute approximate surface area is 200 Å². The lowest BCUT2D eigenvalue weighted by atomic mass is 9.80. The van der Waals surface area contributed by atoms with Crippen molar-refractivity contribution in [3.05, 3.63) is 29.8 Å². The van der Waals surface area contributed by atoms with E-state index >= 15 is 0 Å². The fourth-order valence-corrected chi connectivity index (χ4v) is 5.38. The van der Waals surface area contributed by atoms with Crippen LogP contribution in [0.15, 0.2) is 24.3 Å². The van der Waals surface area contributed by atoms with Gasteiger partial charge in [0.05, 0.1) is 0 Å². The number of nitrogens with zero attached hydrogens (tertiary/aromatic N) is 3. The SMILES string of the molecule is CCCCN1C(=O)C(CC(C)C)NC(=O)C12CCN(Cc1ccc(N(CC)CC)cc1)CC2. The minimum Gasteiger partial charge on any atom is -0.372 e. The summed E-state index contributed by atoms with van der Waals surface area (Å²) in [6.45, 7) is 16.0. The van der Waals surface area contributed by atoms with Crippen molar-refractivity contribution in [3.63, 3.8) is 0 Å². The Bertz CT molecular complexity index is 780.